The fraction of sp³-hybridized carbons (Fsp3) is 0.529. The Labute approximate surface area is 131 Å². The molecule has 0 saturated carbocycles. The van der Waals surface area contributed by atoms with E-state index in [-0.39, 0.29) is 13.2 Å². The Morgan fingerprint density at radius 2 is 1.55 bits per heavy atom. The van der Waals surface area contributed by atoms with E-state index in [9.17, 15) is 9.59 Å². The van der Waals surface area contributed by atoms with Crippen LogP contribution in [0.2, 0.25) is 0 Å². The molecule has 0 unspecified atom stereocenters. The summed E-state index contributed by atoms with van der Waals surface area (Å²) in [4.78, 5) is 23.6. The molecular formula is C17H24O5. The molecule has 5 nitrogen and oxygen atoms in total. The summed E-state index contributed by atoms with van der Waals surface area (Å²) in [6, 6.07) is 9.52. The molecule has 122 valence electrons. The van der Waals surface area contributed by atoms with Gasteiger partial charge in [0.25, 0.3) is 0 Å². The lowest BCUT2D eigenvalue weighted by Crippen LogP contribution is -2.28. The first-order valence-corrected chi connectivity index (χ1v) is 7.70. The summed E-state index contributed by atoms with van der Waals surface area (Å²) in [5, 5.41) is 0. The van der Waals surface area contributed by atoms with Crippen molar-refractivity contribution in [2.45, 2.75) is 33.1 Å². The van der Waals surface area contributed by atoms with Crippen LogP contribution in [0, 0.1) is 5.92 Å². The standard InChI is InChI=1S/C17H24O5/c1-3-20-16(18)15(17(19)21-4-2)12-8-9-13-22-14-10-6-5-7-11-14/h5-7,10-11,15H,3-4,8-9,12-13H2,1-2H3. The van der Waals surface area contributed by atoms with E-state index in [1.54, 1.807) is 13.8 Å². The number of rotatable bonds is 10. The van der Waals surface area contributed by atoms with Crippen LogP contribution in [0.4, 0.5) is 0 Å². The highest BCUT2D eigenvalue weighted by Crippen LogP contribution is 2.14. The van der Waals surface area contributed by atoms with Crippen molar-refractivity contribution >= 4 is 11.9 Å². The van der Waals surface area contributed by atoms with Crippen LogP contribution in [0.15, 0.2) is 30.3 Å². The van der Waals surface area contributed by atoms with Gasteiger partial charge in [0.05, 0.1) is 19.8 Å². The highest BCUT2D eigenvalue weighted by Gasteiger charge is 2.28. The first-order valence-electron chi connectivity index (χ1n) is 7.70. The zero-order chi connectivity index (χ0) is 16.2. The van der Waals surface area contributed by atoms with E-state index in [1.165, 1.54) is 0 Å². The van der Waals surface area contributed by atoms with Gasteiger partial charge in [0.2, 0.25) is 0 Å². The maximum atomic E-state index is 11.8. The van der Waals surface area contributed by atoms with Gasteiger partial charge < -0.3 is 14.2 Å². The van der Waals surface area contributed by atoms with Gasteiger partial charge in [-0.05, 0) is 45.2 Å². The lowest BCUT2D eigenvalue weighted by atomic mass is 10.0. The van der Waals surface area contributed by atoms with Crippen LogP contribution in [0.3, 0.4) is 0 Å². The molecule has 0 heterocycles. The van der Waals surface area contributed by atoms with Crippen LogP contribution in [0.25, 0.3) is 0 Å². The van der Waals surface area contributed by atoms with E-state index in [2.05, 4.69) is 0 Å². The van der Waals surface area contributed by atoms with Crippen molar-refractivity contribution < 1.29 is 23.8 Å². The predicted octanol–water partition coefficient (Wildman–Crippen LogP) is 2.98. The van der Waals surface area contributed by atoms with Crippen LogP contribution < -0.4 is 4.74 Å². The molecule has 1 rings (SSSR count). The molecule has 0 amide bonds. The fourth-order valence-corrected chi connectivity index (χ4v) is 1.97. The van der Waals surface area contributed by atoms with Gasteiger partial charge in [0, 0.05) is 0 Å². The van der Waals surface area contributed by atoms with Crippen molar-refractivity contribution in [1.82, 2.24) is 0 Å². The minimum absolute atomic E-state index is 0.256. The van der Waals surface area contributed by atoms with Crippen molar-refractivity contribution in [2.24, 2.45) is 5.92 Å². The number of hydrogen-bond acceptors (Lipinski definition) is 5. The third kappa shape index (κ3) is 6.61. The Kier molecular flexibility index (Phi) is 8.72. The summed E-state index contributed by atoms with van der Waals surface area (Å²) in [7, 11) is 0. The van der Waals surface area contributed by atoms with Crippen LogP contribution in [0.1, 0.15) is 33.1 Å². The van der Waals surface area contributed by atoms with E-state index in [0.717, 1.165) is 12.2 Å². The summed E-state index contributed by atoms with van der Waals surface area (Å²) < 4.78 is 15.4. The van der Waals surface area contributed by atoms with Gasteiger partial charge in [0.1, 0.15) is 5.75 Å². The second-order valence-electron chi connectivity index (χ2n) is 4.71. The zero-order valence-electron chi connectivity index (χ0n) is 13.2. The average Bonchev–Trinajstić information content (AvgIpc) is 2.52. The van der Waals surface area contributed by atoms with E-state index in [1.807, 2.05) is 30.3 Å². The highest BCUT2D eigenvalue weighted by molar-refractivity contribution is 5.94. The largest absolute Gasteiger partial charge is 0.494 e. The van der Waals surface area contributed by atoms with Gasteiger partial charge in [-0.1, -0.05) is 18.2 Å². The molecule has 22 heavy (non-hydrogen) atoms. The molecular weight excluding hydrogens is 284 g/mol. The van der Waals surface area contributed by atoms with Gasteiger partial charge >= 0.3 is 11.9 Å². The van der Waals surface area contributed by atoms with Crippen LogP contribution in [0.5, 0.6) is 5.75 Å². The monoisotopic (exact) mass is 308 g/mol. The molecule has 0 aliphatic heterocycles. The number of carbonyl (C=O) groups excluding carboxylic acids is 2. The first-order chi connectivity index (χ1) is 10.7. The topological polar surface area (TPSA) is 61.8 Å². The number of carbonyl (C=O) groups is 2. The number of ether oxygens (including phenoxy) is 3. The third-order valence-corrected chi connectivity index (χ3v) is 3.04. The SMILES string of the molecule is CCOC(=O)C(CCCCOc1ccccc1)C(=O)OCC. The Bertz CT molecular complexity index is 426. The first kappa shape index (κ1) is 18.0. The smallest absolute Gasteiger partial charge is 0.320 e. The maximum absolute atomic E-state index is 11.8. The summed E-state index contributed by atoms with van der Waals surface area (Å²) in [5.74, 6) is -1.04. The van der Waals surface area contributed by atoms with Crippen molar-refractivity contribution in [2.75, 3.05) is 19.8 Å². The fourth-order valence-electron chi connectivity index (χ4n) is 1.97. The molecule has 0 aromatic heterocycles. The van der Waals surface area contributed by atoms with Gasteiger partial charge in [0.15, 0.2) is 5.92 Å². The number of para-hydroxylation sites is 1. The van der Waals surface area contributed by atoms with E-state index in [0.29, 0.717) is 19.4 Å². The van der Waals surface area contributed by atoms with E-state index >= 15 is 0 Å². The molecule has 0 aliphatic carbocycles. The molecule has 5 heteroatoms. The quantitative estimate of drug-likeness (QED) is 0.378. The van der Waals surface area contributed by atoms with Gasteiger partial charge in [-0.3, -0.25) is 9.59 Å². The lowest BCUT2D eigenvalue weighted by Gasteiger charge is -2.14. The van der Waals surface area contributed by atoms with Crippen molar-refractivity contribution in [3.63, 3.8) is 0 Å². The molecule has 1 aromatic carbocycles. The minimum Gasteiger partial charge on any atom is -0.494 e. The second-order valence-corrected chi connectivity index (χ2v) is 4.71. The van der Waals surface area contributed by atoms with Gasteiger partial charge in [-0.15, -0.1) is 0 Å². The molecule has 0 atom stereocenters. The minimum atomic E-state index is -0.836. The zero-order valence-corrected chi connectivity index (χ0v) is 13.2. The van der Waals surface area contributed by atoms with Crippen molar-refractivity contribution in [1.29, 1.82) is 0 Å². The molecule has 1 aromatic rings. The van der Waals surface area contributed by atoms with Crippen LogP contribution in [-0.4, -0.2) is 31.8 Å². The molecule has 0 radical (unpaired) electrons. The molecule has 0 fully saturated rings. The summed E-state index contributed by atoms with van der Waals surface area (Å²) in [6.07, 6.45) is 1.86. The number of benzene rings is 1. The third-order valence-electron chi connectivity index (χ3n) is 3.04. The van der Waals surface area contributed by atoms with Crippen molar-refractivity contribution in [3.05, 3.63) is 30.3 Å². The number of unbranched alkanes of at least 4 members (excludes halogenated alkanes) is 1. The Morgan fingerprint density at radius 1 is 0.955 bits per heavy atom. The molecule has 0 spiro atoms. The van der Waals surface area contributed by atoms with Gasteiger partial charge in [-0.2, -0.15) is 0 Å². The molecule has 0 aliphatic rings. The second kappa shape index (κ2) is 10.7. The Hall–Kier alpha value is -2.04. The van der Waals surface area contributed by atoms with Crippen molar-refractivity contribution in [3.8, 4) is 5.75 Å². The summed E-state index contributed by atoms with van der Waals surface area (Å²) in [5.41, 5.74) is 0. The molecule has 0 bridgehead atoms. The molecule has 0 saturated heterocycles. The van der Waals surface area contributed by atoms with Crippen LogP contribution in [-0.2, 0) is 19.1 Å². The molecule has 0 N–H and O–H groups in total. The predicted molar refractivity (Wildman–Crippen MR) is 82.5 cm³/mol. The van der Waals surface area contributed by atoms with E-state index < -0.39 is 17.9 Å². The Balaban J connectivity index is 2.33. The van der Waals surface area contributed by atoms with Gasteiger partial charge in [-0.25, -0.2) is 0 Å². The highest BCUT2D eigenvalue weighted by atomic mass is 16.6. The van der Waals surface area contributed by atoms with Crippen LogP contribution >= 0.6 is 0 Å². The maximum Gasteiger partial charge on any atom is 0.320 e. The number of esters is 2. The average molecular weight is 308 g/mol. The lowest BCUT2D eigenvalue weighted by molar-refractivity contribution is -0.162. The van der Waals surface area contributed by atoms with E-state index in [4.69, 9.17) is 14.2 Å². The normalized spacial score (nSPS) is 10.3. The summed E-state index contributed by atoms with van der Waals surface area (Å²) >= 11 is 0. The Morgan fingerprint density at radius 3 is 2.09 bits per heavy atom. The number of hydrogen-bond donors (Lipinski definition) is 0. The summed E-state index contributed by atoms with van der Waals surface area (Å²) in [6.45, 7) is 4.49.